The van der Waals surface area contributed by atoms with E-state index < -0.39 is 5.92 Å². The van der Waals surface area contributed by atoms with Crippen LogP contribution in [-0.4, -0.2) is 10.4 Å². The fraction of sp³-hybridized carbons (Fsp3) is 0.143. The van der Waals surface area contributed by atoms with Crippen molar-refractivity contribution in [3.05, 3.63) is 104 Å². The minimum atomic E-state index is -0.408. The van der Waals surface area contributed by atoms with Crippen LogP contribution < -0.4 is 5.56 Å². The van der Waals surface area contributed by atoms with Gasteiger partial charge >= 0.3 is 0 Å². The Kier molecular flexibility index (Phi) is 5.47. The molecule has 5 heteroatoms. The number of Topliss-reactive ketones (excluding diaryl/α,β-unsaturated/α-hetero) is 1. The van der Waals surface area contributed by atoms with Crippen LogP contribution in [0.25, 0.3) is 0 Å². The van der Waals surface area contributed by atoms with Crippen molar-refractivity contribution in [2.24, 2.45) is 7.05 Å². The van der Waals surface area contributed by atoms with E-state index in [0.717, 1.165) is 10.0 Å². The van der Waals surface area contributed by atoms with E-state index in [1.165, 1.54) is 29.0 Å². The van der Waals surface area contributed by atoms with Crippen LogP contribution in [0.2, 0.25) is 0 Å². The first-order valence-electron chi connectivity index (χ1n) is 8.15. The van der Waals surface area contributed by atoms with E-state index in [4.69, 9.17) is 0 Å². The summed E-state index contributed by atoms with van der Waals surface area (Å²) in [5, 5.41) is 0. The van der Waals surface area contributed by atoms with Crippen LogP contribution in [-0.2, 0) is 7.05 Å². The molecule has 1 aromatic heterocycles. The molecule has 0 aliphatic carbocycles. The number of aryl methyl sites for hydroxylation is 1. The molecule has 0 fully saturated rings. The Balaban J connectivity index is 1.99. The standard InChI is InChI=1S/C21H17BrFNO2/c1-24-13-15(8-11-21(24)26)20(25)12-18(14-6-9-16(22)10-7-14)17-4-2-3-5-19(17)23/h2-11,13,18H,12H2,1H3. The molecule has 132 valence electrons. The molecule has 0 spiro atoms. The van der Waals surface area contributed by atoms with Gasteiger partial charge in [0.2, 0.25) is 5.56 Å². The minimum absolute atomic E-state index is 0.112. The summed E-state index contributed by atoms with van der Waals surface area (Å²) >= 11 is 3.39. The van der Waals surface area contributed by atoms with Gasteiger partial charge in [0, 0.05) is 41.7 Å². The van der Waals surface area contributed by atoms with Crippen LogP contribution in [0.1, 0.15) is 33.8 Å². The number of ketones is 1. The first-order valence-corrected chi connectivity index (χ1v) is 8.95. The van der Waals surface area contributed by atoms with Crippen molar-refractivity contribution < 1.29 is 9.18 Å². The van der Waals surface area contributed by atoms with Gasteiger partial charge in [0.1, 0.15) is 5.82 Å². The minimum Gasteiger partial charge on any atom is -0.318 e. The molecule has 0 saturated carbocycles. The lowest BCUT2D eigenvalue weighted by atomic mass is 9.85. The number of rotatable bonds is 5. The zero-order chi connectivity index (χ0) is 18.7. The zero-order valence-electron chi connectivity index (χ0n) is 14.2. The first kappa shape index (κ1) is 18.3. The number of carbonyl (C=O) groups is 1. The highest BCUT2D eigenvalue weighted by Crippen LogP contribution is 2.31. The highest BCUT2D eigenvalue weighted by atomic mass is 79.9. The van der Waals surface area contributed by atoms with E-state index >= 15 is 0 Å². The second-order valence-corrected chi connectivity index (χ2v) is 7.04. The van der Waals surface area contributed by atoms with Gasteiger partial charge in [0.05, 0.1) is 0 Å². The van der Waals surface area contributed by atoms with E-state index in [1.807, 2.05) is 24.3 Å². The van der Waals surface area contributed by atoms with Crippen molar-refractivity contribution in [3.63, 3.8) is 0 Å². The molecule has 0 aliphatic rings. The molecule has 0 amide bonds. The van der Waals surface area contributed by atoms with E-state index in [1.54, 1.807) is 25.2 Å². The first-order chi connectivity index (χ1) is 12.5. The average molecular weight is 414 g/mol. The lowest BCUT2D eigenvalue weighted by Crippen LogP contribution is -2.17. The van der Waals surface area contributed by atoms with Gasteiger partial charge in [-0.05, 0) is 35.4 Å². The summed E-state index contributed by atoms with van der Waals surface area (Å²) < 4.78 is 16.7. The third-order valence-electron chi connectivity index (χ3n) is 4.35. The van der Waals surface area contributed by atoms with Crippen molar-refractivity contribution in [1.82, 2.24) is 4.57 Å². The fourth-order valence-corrected chi connectivity index (χ4v) is 3.19. The molecule has 0 radical (unpaired) electrons. The Morgan fingerprint density at radius 2 is 1.77 bits per heavy atom. The van der Waals surface area contributed by atoms with Gasteiger partial charge < -0.3 is 4.57 Å². The monoisotopic (exact) mass is 413 g/mol. The van der Waals surface area contributed by atoms with E-state index in [2.05, 4.69) is 15.9 Å². The van der Waals surface area contributed by atoms with Crippen molar-refractivity contribution in [3.8, 4) is 0 Å². The summed E-state index contributed by atoms with van der Waals surface area (Å²) in [6.07, 6.45) is 1.63. The SMILES string of the molecule is Cn1cc(C(=O)CC(c2ccc(Br)cc2)c2ccccc2F)ccc1=O. The molecule has 0 aliphatic heterocycles. The topological polar surface area (TPSA) is 39.1 Å². The Morgan fingerprint density at radius 3 is 2.42 bits per heavy atom. The lowest BCUT2D eigenvalue weighted by molar-refractivity contribution is 0.0976. The van der Waals surface area contributed by atoms with E-state index in [9.17, 15) is 14.0 Å². The molecule has 0 saturated heterocycles. The molecule has 26 heavy (non-hydrogen) atoms. The quantitative estimate of drug-likeness (QED) is 0.569. The fourth-order valence-electron chi connectivity index (χ4n) is 2.92. The summed E-state index contributed by atoms with van der Waals surface area (Å²) in [5.74, 6) is -0.889. The average Bonchev–Trinajstić information content (AvgIpc) is 2.63. The van der Waals surface area contributed by atoms with Crippen LogP contribution in [0, 0.1) is 5.82 Å². The predicted molar refractivity (Wildman–Crippen MR) is 103 cm³/mol. The van der Waals surface area contributed by atoms with Crippen molar-refractivity contribution in [1.29, 1.82) is 0 Å². The van der Waals surface area contributed by atoms with Crippen molar-refractivity contribution in [2.75, 3.05) is 0 Å². The van der Waals surface area contributed by atoms with Gasteiger partial charge in [-0.25, -0.2) is 4.39 Å². The van der Waals surface area contributed by atoms with Crippen LogP contribution in [0.5, 0.6) is 0 Å². The molecule has 1 unspecified atom stereocenters. The van der Waals surface area contributed by atoms with Gasteiger partial charge in [0.15, 0.2) is 5.78 Å². The highest BCUT2D eigenvalue weighted by Gasteiger charge is 2.22. The highest BCUT2D eigenvalue weighted by molar-refractivity contribution is 9.10. The third kappa shape index (κ3) is 3.99. The maximum Gasteiger partial charge on any atom is 0.250 e. The predicted octanol–water partition coefficient (Wildman–Crippen LogP) is 4.69. The maximum atomic E-state index is 14.4. The number of hydrogen-bond acceptors (Lipinski definition) is 2. The van der Waals surface area contributed by atoms with Crippen LogP contribution in [0.4, 0.5) is 4.39 Å². The van der Waals surface area contributed by atoms with Gasteiger partial charge in [0.25, 0.3) is 0 Å². The van der Waals surface area contributed by atoms with Crippen LogP contribution >= 0.6 is 15.9 Å². The summed E-state index contributed by atoms with van der Waals surface area (Å²) in [7, 11) is 1.60. The van der Waals surface area contributed by atoms with E-state index in [0.29, 0.717) is 11.1 Å². The largest absolute Gasteiger partial charge is 0.318 e. The number of benzene rings is 2. The Bertz CT molecular complexity index is 995. The number of carbonyl (C=O) groups excluding carboxylic acids is 1. The number of aromatic nitrogens is 1. The summed E-state index contributed by atoms with van der Waals surface area (Å²) in [5.41, 5.74) is 1.59. The Morgan fingerprint density at radius 1 is 1.08 bits per heavy atom. The second-order valence-electron chi connectivity index (χ2n) is 6.12. The molecule has 0 N–H and O–H groups in total. The normalized spacial score (nSPS) is 12.0. The molecule has 0 bridgehead atoms. The summed E-state index contributed by atoms with van der Waals surface area (Å²) in [6.45, 7) is 0. The number of hydrogen-bond donors (Lipinski definition) is 0. The Labute approximate surface area is 159 Å². The summed E-state index contributed by atoms with van der Waals surface area (Å²) in [4.78, 5) is 24.3. The number of nitrogens with zero attached hydrogens (tertiary/aromatic N) is 1. The van der Waals surface area contributed by atoms with Crippen LogP contribution in [0.3, 0.4) is 0 Å². The zero-order valence-corrected chi connectivity index (χ0v) is 15.7. The smallest absolute Gasteiger partial charge is 0.250 e. The second kappa shape index (κ2) is 7.79. The lowest BCUT2D eigenvalue weighted by Gasteiger charge is -2.18. The van der Waals surface area contributed by atoms with Gasteiger partial charge in [-0.15, -0.1) is 0 Å². The molecule has 1 heterocycles. The van der Waals surface area contributed by atoms with E-state index in [-0.39, 0.29) is 23.6 Å². The van der Waals surface area contributed by atoms with Crippen molar-refractivity contribution in [2.45, 2.75) is 12.3 Å². The summed E-state index contributed by atoms with van der Waals surface area (Å²) in [6, 6.07) is 16.9. The van der Waals surface area contributed by atoms with Crippen molar-refractivity contribution >= 4 is 21.7 Å². The van der Waals surface area contributed by atoms with Gasteiger partial charge in [-0.2, -0.15) is 0 Å². The molecule has 1 atom stereocenters. The molecule has 2 aromatic carbocycles. The molecule has 3 nitrogen and oxygen atoms in total. The molecular formula is C21H17BrFNO2. The number of halogens is 2. The third-order valence-corrected chi connectivity index (χ3v) is 4.88. The van der Waals surface area contributed by atoms with Gasteiger partial charge in [-0.1, -0.05) is 46.3 Å². The molecule has 3 aromatic rings. The van der Waals surface area contributed by atoms with Crippen LogP contribution in [0.15, 0.2) is 76.1 Å². The maximum absolute atomic E-state index is 14.4. The van der Waals surface area contributed by atoms with Gasteiger partial charge in [-0.3, -0.25) is 9.59 Å². The molecule has 3 rings (SSSR count). The Hall–Kier alpha value is -2.53. The number of pyridine rings is 1. The molecular weight excluding hydrogens is 397 g/mol.